The molecule has 0 atom stereocenters. The Bertz CT molecular complexity index is 1110. The van der Waals surface area contributed by atoms with Crippen molar-refractivity contribution >= 4 is 39.0 Å². The summed E-state index contributed by atoms with van der Waals surface area (Å²) in [6.07, 6.45) is 12.3. The Morgan fingerprint density at radius 2 is 1.97 bits per heavy atom. The SMILES string of the molecule is CCn1cc(Nc2nc(N[C@H]3CC[C@H](N4CCOCC4)CC3)c3c4c(sc3n2)CCC4)cn1. The summed E-state index contributed by atoms with van der Waals surface area (Å²) >= 11 is 1.85. The fourth-order valence-electron chi connectivity index (χ4n) is 5.61. The van der Waals surface area contributed by atoms with Gasteiger partial charge in [-0.15, -0.1) is 11.3 Å². The van der Waals surface area contributed by atoms with Gasteiger partial charge in [-0.2, -0.15) is 10.1 Å². The van der Waals surface area contributed by atoms with E-state index >= 15 is 0 Å². The van der Waals surface area contributed by atoms with E-state index in [-0.39, 0.29) is 0 Å². The molecular weight excluding hydrogens is 434 g/mol. The summed E-state index contributed by atoms with van der Waals surface area (Å²) in [6, 6.07) is 1.17. The van der Waals surface area contributed by atoms with Crippen molar-refractivity contribution in [3.05, 3.63) is 22.8 Å². The average molecular weight is 468 g/mol. The summed E-state index contributed by atoms with van der Waals surface area (Å²) in [4.78, 5) is 15.1. The summed E-state index contributed by atoms with van der Waals surface area (Å²) in [6.45, 7) is 6.86. The van der Waals surface area contributed by atoms with Crippen LogP contribution >= 0.6 is 11.3 Å². The van der Waals surface area contributed by atoms with Crippen LogP contribution in [0.25, 0.3) is 10.2 Å². The molecular formula is C24H33N7OS. The fourth-order valence-corrected chi connectivity index (χ4v) is 6.87. The van der Waals surface area contributed by atoms with Crippen molar-refractivity contribution in [1.82, 2.24) is 24.6 Å². The number of hydrogen-bond donors (Lipinski definition) is 2. The third-order valence-electron chi connectivity index (χ3n) is 7.38. The zero-order valence-corrected chi connectivity index (χ0v) is 20.2. The number of nitrogens with one attached hydrogen (secondary N) is 2. The number of thiophene rings is 1. The molecule has 1 saturated carbocycles. The second-order valence-electron chi connectivity index (χ2n) is 9.44. The minimum absolute atomic E-state index is 0.466. The summed E-state index contributed by atoms with van der Waals surface area (Å²) in [5.41, 5.74) is 2.40. The number of morpholine rings is 1. The van der Waals surface area contributed by atoms with Crippen LogP contribution < -0.4 is 10.6 Å². The fraction of sp³-hybridized carbons (Fsp3) is 0.625. The molecule has 0 radical (unpaired) electrons. The van der Waals surface area contributed by atoms with Gasteiger partial charge in [0.25, 0.3) is 0 Å². The lowest BCUT2D eigenvalue weighted by atomic mass is 9.90. The van der Waals surface area contributed by atoms with E-state index in [1.807, 2.05) is 28.4 Å². The second-order valence-corrected chi connectivity index (χ2v) is 10.5. The quantitative estimate of drug-likeness (QED) is 0.562. The zero-order valence-electron chi connectivity index (χ0n) is 19.3. The van der Waals surface area contributed by atoms with Crippen LogP contribution in [-0.2, 0) is 24.1 Å². The van der Waals surface area contributed by atoms with Gasteiger partial charge < -0.3 is 15.4 Å². The van der Waals surface area contributed by atoms with Gasteiger partial charge in [0.15, 0.2) is 0 Å². The van der Waals surface area contributed by atoms with Crippen molar-refractivity contribution in [2.24, 2.45) is 0 Å². The molecule has 6 rings (SSSR count). The van der Waals surface area contributed by atoms with Gasteiger partial charge >= 0.3 is 0 Å². The van der Waals surface area contributed by atoms with E-state index in [9.17, 15) is 0 Å². The molecule has 0 unspecified atom stereocenters. The largest absolute Gasteiger partial charge is 0.379 e. The normalized spacial score (nSPS) is 23.7. The summed E-state index contributed by atoms with van der Waals surface area (Å²) in [5, 5.41) is 12.9. The molecule has 8 nitrogen and oxygen atoms in total. The predicted octanol–water partition coefficient (Wildman–Crippen LogP) is 4.20. The number of hydrogen-bond acceptors (Lipinski definition) is 8. The van der Waals surface area contributed by atoms with E-state index in [2.05, 4.69) is 27.6 Å². The summed E-state index contributed by atoms with van der Waals surface area (Å²) in [7, 11) is 0. The molecule has 1 saturated heterocycles. The molecule has 0 spiro atoms. The predicted molar refractivity (Wildman–Crippen MR) is 133 cm³/mol. The van der Waals surface area contributed by atoms with Crippen LogP contribution in [0.4, 0.5) is 17.5 Å². The molecule has 2 aliphatic carbocycles. The Kier molecular flexibility index (Phi) is 5.94. The van der Waals surface area contributed by atoms with Crippen molar-refractivity contribution in [3.63, 3.8) is 0 Å². The van der Waals surface area contributed by atoms with Gasteiger partial charge in [-0.1, -0.05) is 0 Å². The first-order valence-corrected chi connectivity index (χ1v) is 13.3. The molecule has 0 aromatic carbocycles. The van der Waals surface area contributed by atoms with Gasteiger partial charge in [-0.3, -0.25) is 9.58 Å². The molecule has 176 valence electrons. The van der Waals surface area contributed by atoms with E-state index in [4.69, 9.17) is 14.7 Å². The third kappa shape index (κ3) is 4.34. The Morgan fingerprint density at radius 3 is 2.76 bits per heavy atom. The number of ether oxygens (including phenoxy) is 1. The van der Waals surface area contributed by atoms with Gasteiger partial charge in [0.05, 0.1) is 30.5 Å². The molecule has 9 heteroatoms. The number of fused-ring (bicyclic) bond motifs is 3. The summed E-state index contributed by atoms with van der Waals surface area (Å²) in [5.74, 6) is 1.67. The van der Waals surface area contributed by atoms with Gasteiger partial charge in [0.1, 0.15) is 10.6 Å². The van der Waals surface area contributed by atoms with E-state index in [1.54, 1.807) is 0 Å². The molecule has 0 bridgehead atoms. The van der Waals surface area contributed by atoms with E-state index < -0.39 is 0 Å². The highest BCUT2D eigenvalue weighted by molar-refractivity contribution is 7.19. The molecule has 3 aromatic heterocycles. The molecule has 3 aliphatic rings. The second kappa shape index (κ2) is 9.19. The number of anilines is 3. The first-order valence-electron chi connectivity index (χ1n) is 12.5. The van der Waals surface area contributed by atoms with E-state index in [0.717, 1.165) is 55.6 Å². The summed E-state index contributed by atoms with van der Waals surface area (Å²) < 4.78 is 7.45. The molecule has 33 heavy (non-hydrogen) atoms. The van der Waals surface area contributed by atoms with Crippen molar-refractivity contribution in [3.8, 4) is 0 Å². The lowest BCUT2D eigenvalue weighted by molar-refractivity contribution is 0.00791. The highest BCUT2D eigenvalue weighted by Crippen LogP contribution is 2.41. The number of nitrogens with zero attached hydrogens (tertiary/aromatic N) is 5. The molecule has 0 amide bonds. The zero-order chi connectivity index (χ0) is 22.2. The first kappa shape index (κ1) is 21.3. The van der Waals surface area contributed by atoms with Crippen LogP contribution in [0, 0.1) is 0 Å². The van der Waals surface area contributed by atoms with Crippen LogP contribution in [0.15, 0.2) is 12.4 Å². The number of aryl methyl sites for hydroxylation is 3. The standard InChI is InChI=1S/C24H33N7OS/c1-2-31-15-17(14-25-31)27-24-28-22(21-19-4-3-5-20(19)33-23(21)29-24)26-16-6-8-18(9-7-16)30-10-12-32-13-11-30/h14-16,18H,2-13H2,1H3,(H2,26,27,28,29)/t16-,18-. The Morgan fingerprint density at radius 1 is 1.12 bits per heavy atom. The maximum Gasteiger partial charge on any atom is 0.230 e. The lowest BCUT2D eigenvalue weighted by Gasteiger charge is -2.39. The molecule has 2 N–H and O–H groups in total. The topological polar surface area (TPSA) is 80.1 Å². The molecule has 4 heterocycles. The van der Waals surface area contributed by atoms with Gasteiger partial charge in [-0.25, -0.2) is 4.98 Å². The highest BCUT2D eigenvalue weighted by Gasteiger charge is 2.29. The van der Waals surface area contributed by atoms with Crippen LogP contribution in [0.3, 0.4) is 0 Å². The molecule has 3 aromatic rings. The minimum atomic E-state index is 0.466. The van der Waals surface area contributed by atoms with Crippen molar-refractivity contribution < 1.29 is 4.74 Å². The molecule has 2 fully saturated rings. The average Bonchev–Trinajstić information content (AvgIpc) is 3.56. The van der Waals surface area contributed by atoms with Crippen LogP contribution in [0.1, 0.15) is 49.5 Å². The molecule has 1 aliphatic heterocycles. The van der Waals surface area contributed by atoms with Crippen molar-refractivity contribution in [2.45, 2.75) is 70.5 Å². The Hall–Kier alpha value is -2.23. The first-order chi connectivity index (χ1) is 16.3. The highest BCUT2D eigenvalue weighted by atomic mass is 32.1. The van der Waals surface area contributed by atoms with E-state index in [1.165, 1.54) is 54.4 Å². The smallest absolute Gasteiger partial charge is 0.230 e. The number of rotatable bonds is 6. The van der Waals surface area contributed by atoms with Gasteiger partial charge in [0.2, 0.25) is 5.95 Å². The van der Waals surface area contributed by atoms with Crippen molar-refractivity contribution in [1.29, 1.82) is 0 Å². The monoisotopic (exact) mass is 467 g/mol. The van der Waals surface area contributed by atoms with Crippen molar-refractivity contribution in [2.75, 3.05) is 36.9 Å². The maximum absolute atomic E-state index is 5.54. The maximum atomic E-state index is 5.54. The van der Waals surface area contributed by atoms with Gasteiger partial charge in [-0.05, 0) is 57.4 Å². The van der Waals surface area contributed by atoms with Crippen LogP contribution in [0.2, 0.25) is 0 Å². The van der Waals surface area contributed by atoms with Crippen LogP contribution in [0.5, 0.6) is 0 Å². The third-order valence-corrected chi connectivity index (χ3v) is 8.56. The lowest BCUT2D eigenvalue weighted by Crippen LogP contribution is -2.46. The van der Waals surface area contributed by atoms with Crippen LogP contribution in [-0.4, -0.2) is 63.0 Å². The van der Waals surface area contributed by atoms with E-state index in [0.29, 0.717) is 18.0 Å². The Balaban J connectivity index is 1.23. The minimum Gasteiger partial charge on any atom is -0.379 e. The number of aromatic nitrogens is 4. The van der Waals surface area contributed by atoms with Gasteiger partial charge in [0, 0.05) is 42.8 Å². The Labute approximate surface area is 198 Å².